The van der Waals surface area contributed by atoms with Crippen molar-refractivity contribution in [2.24, 2.45) is 0 Å². The van der Waals surface area contributed by atoms with Gasteiger partial charge in [-0.15, -0.1) is 0 Å². The zero-order valence-electron chi connectivity index (χ0n) is 15.7. The third-order valence-corrected chi connectivity index (χ3v) is 6.06. The highest BCUT2D eigenvalue weighted by Crippen LogP contribution is 2.24. The maximum Gasteiger partial charge on any atom is 0.420 e. The standard InChI is InChI=1S/C22H23N3O3/c26-21(15-25-19-7-3-4-8-20(19)28-22(25)27)24-12-10-18(14-24)23-11-9-16-5-1-2-6-17(16)13-23/h1-8,18H,9-15H2. The van der Waals surface area contributed by atoms with Crippen LogP contribution in [0.5, 0.6) is 0 Å². The molecule has 0 aliphatic carbocycles. The van der Waals surface area contributed by atoms with Gasteiger partial charge in [0.1, 0.15) is 6.54 Å². The fraction of sp³-hybridized carbons (Fsp3) is 0.364. The molecule has 0 bridgehead atoms. The molecule has 1 saturated heterocycles. The minimum atomic E-state index is -0.474. The zero-order chi connectivity index (χ0) is 19.1. The summed E-state index contributed by atoms with van der Waals surface area (Å²) < 4.78 is 6.67. The average molecular weight is 377 g/mol. The summed E-state index contributed by atoms with van der Waals surface area (Å²) in [5.41, 5.74) is 4.03. The Balaban J connectivity index is 1.27. The SMILES string of the molecule is O=C(Cn1c(=O)oc2ccccc21)N1CCC(N2CCc3ccccc3C2)C1. The summed E-state index contributed by atoms with van der Waals surface area (Å²) in [7, 11) is 0. The monoisotopic (exact) mass is 377 g/mol. The lowest BCUT2D eigenvalue weighted by molar-refractivity contribution is -0.131. The highest BCUT2D eigenvalue weighted by molar-refractivity contribution is 5.79. The van der Waals surface area contributed by atoms with Gasteiger partial charge in [0.15, 0.2) is 5.58 Å². The van der Waals surface area contributed by atoms with Crippen molar-refractivity contribution in [3.63, 3.8) is 0 Å². The van der Waals surface area contributed by atoms with Crippen molar-refractivity contribution in [3.8, 4) is 0 Å². The molecule has 1 atom stereocenters. The van der Waals surface area contributed by atoms with Gasteiger partial charge in [0.25, 0.3) is 0 Å². The third kappa shape index (κ3) is 3.03. The summed E-state index contributed by atoms with van der Waals surface area (Å²) >= 11 is 0. The molecule has 0 N–H and O–H groups in total. The predicted molar refractivity (Wildman–Crippen MR) is 106 cm³/mol. The van der Waals surface area contributed by atoms with E-state index < -0.39 is 5.76 Å². The minimum Gasteiger partial charge on any atom is -0.408 e. The quantitative estimate of drug-likeness (QED) is 0.703. The fourth-order valence-electron chi connectivity index (χ4n) is 4.49. The Bertz CT molecular complexity index is 1080. The smallest absolute Gasteiger partial charge is 0.408 e. The number of benzene rings is 2. The van der Waals surface area contributed by atoms with Crippen LogP contribution in [-0.4, -0.2) is 46.0 Å². The second kappa shape index (κ2) is 6.95. The van der Waals surface area contributed by atoms with E-state index in [1.807, 2.05) is 23.1 Å². The Morgan fingerprint density at radius 2 is 1.82 bits per heavy atom. The molecule has 6 heteroatoms. The van der Waals surface area contributed by atoms with Crippen molar-refractivity contribution >= 4 is 17.0 Å². The number of amides is 1. The molecule has 2 aliphatic heterocycles. The highest BCUT2D eigenvalue weighted by Gasteiger charge is 2.32. The summed E-state index contributed by atoms with van der Waals surface area (Å²) in [6.45, 7) is 3.49. The molecule has 1 fully saturated rings. The van der Waals surface area contributed by atoms with E-state index in [1.54, 1.807) is 6.07 Å². The molecule has 144 valence electrons. The van der Waals surface area contributed by atoms with Crippen LogP contribution < -0.4 is 5.76 Å². The van der Waals surface area contributed by atoms with Crippen LogP contribution >= 0.6 is 0 Å². The third-order valence-electron chi connectivity index (χ3n) is 6.06. The lowest BCUT2D eigenvalue weighted by atomic mass is 9.98. The van der Waals surface area contributed by atoms with E-state index in [0.717, 1.165) is 39.0 Å². The Hall–Kier alpha value is -2.86. The van der Waals surface area contributed by atoms with E-state index in [2.05, 4.69) is 29.2 Å². The first kappa shape index (κ1) is 17.3. The molecule has 6 nitrogen and oxygen atoms in total. The largest absolute Gasteiger partial charge is 0.420 e. The first-order chi connectivity index (χ1) is 13.7. The van der Waals surface area contributed by atoms with Crippen molar-refractivity contribution in [2.75, 3.05) is 19.6 Å². The van der Waals surface area contributed by atoms with Gasteiger partial charge in [-0.3, -0.25) is 14.3 Å². The zero-order valence-corrected chi connectivity index (χ0v) is 15.7. The lowest BCUT2D eigenvalue weighted by Crippen LogP contribution is -2.42. The molecular weight excluding hydrogens is 354 g/mol. The first-order valence-corrected chi connectivity index (χ1v) is 9.86. The van der Waals surface area contributed by atoms with E-state index in [0.29, 0.717) is 17.1 Å². The second-order valence-electron chi connectivity index (χ2n) is 7.69. The van der Waals surface area contributed by atoms with Crippen LogP contribution in [0.25, 0.3) is 11.1 Å². The summed E-state index contributed by atoms with van der Waals surface area (Å²) in [5, 5.41) is 0. The van der Waals surface area contributed by atoms with Crippen LogP contribution in [0.2, 0.25) is 0 Å². The molecule has 0 radical (unpaired) electrons. The number of nitrogens with zero attached hydrogens (tertiary/aromatic N) is 3. The van der Waals surface area contributed by atoms with Crippen molar-refractivity contribution in [2.45, 2.75) is 32.0 Å². The molecule has 0 spiro atoms. The van der Waals surface area contributed by atoms with Crippen LogP contribution in [0.1, 0.15) is 17.5 Å². The van der Waals surface area contributed by atoms with Crippen LogP contribution in [0, 0.1) is 0 Å². The molecule has 28 heavy (non-hydrogen) atoms. The Morgan fingerprint density at radius 3 is 2.71 bits per heavy atom. The van der Waals surface area contributed by atoms with Crippen LogP contribution in [0.15, 0.2) is 57.7 Å². The second-order valence-corrected chi connectivity index (χ2v) is 7.69. The first-order valence-electron chi connectivity index (χ1n) is 9.86. The van der Waals surface area contributed by atoms with Crippen molar-refractivity contribution in [1.29, 1.82) is 0 Å². The molecule has 3 heterocycles. The van der Waals surface area contributed by atoms with Crippen LogP contribution in [0.4, 0.5) is 0 Å². The minimum absolute atomic E-state index is 0.0198. The average Bonchev–Trinajstić information content (AvgIpc) is 3.33. The molecule has 5 rings (SSSR count). The van der Waals surface area contributed by atoms with Gasteiger partial charge in [0.2, 0.25) is 5.91 Å². The molecule has 3 aromatic rings. The fourth-order valence-corrected chi connectivity index (χ4v) is 4.49. The van der Waals surface area contributed by atoms with Gasteiger partial charge >= 0.3 is 5.76 Å². The van der Waals surface area contributed by atoms with E-state index in [-0.39, 0.29) is 12.5 Å². The van der Waals surface area contributed by atoms with E-state index in [9.17, 15) is 9.59 Å². The molecule has 2 aromatic carbocycles. The highest BCUT2D eigenvalue weighted by atomic mass is 16.4. The maximum atomic E-state index is 12.8. The number of carbonyl (C=O) groups is 1. The number of rotatable bonds is 3. The van der Waals surface area contributed by atoms with Crippen molar-refractivity contribution < 1.29 is 9.21 Å². The molecule has 0 saturated carbocycles. The number of hydrogen-bond acceptors (Lipinski definition) is 4. The molecule has 1 aromatic heterocycles. The number of likely N-dealkylation sites (tertiary alicyclic amines) is 1. The van der Waals surface area contributed by atoms with Gasteiger partial charge in [-0.2, -0.15) is 0 Å². The Morgan fingerprint density at radius 1 is 1.04 bits per heavy atom. The van der Waals surface area contributed by atoms with Gasteiger partial charge in [0.05, 0.1) is 5.52 Å². The topological polar surface area (TPSA) is 58.7 Å². The van der Waals surface area contributed by atoms with Crippen LogP contribution in [-0.2, 0) is 24.3 Å². The molecule has 2 aliphatic rings. The van der Waals surface area contributed by atoms with Gasteiger partial charge in [-0.25, -0.2) is 4.79 Å². The van der Waals surface area contributed by atoms with Gasteiger partial charge in [-0.05, 0) is 36.1 Å². The van der Waals surface area contributed by atoms with Gasteiger partial charge < -0.3 is 9.32 Å². The Kier molecular flexibility index (Phi) is 4.28. The number of hydrogen-bond donors (Lipinski definition) is 0. The number of para-hydroxylation sites is 2. The van der Waals surface area contributed by atoms with Crippen molar-refractivity contribution in [1.82, 2.24) is 14.4 Å². The van der Waals surface area contributed by atoms with Gasteiger partial charge in [0, 0.05) is 32.2 Å². The number of carbonyl (C=O) groups excluding carboxylic acids is 1. The summed E-state index contributed by atoms with van der Waals surface area (Å²) in [5.74, 6) is -0.494. The number of fused-ring (bicyclic) bond motifs is 2. The van der Waals surface area contributed by atoms with E-state index in [4.69, 9.17) is 4.42 Å². The number of oxazole rings is 1. The predicted octanol–water partition coefficient (Wildman–Crippen LogP) is 2.25. The lowest BCUT2D eigenvalue weighted by Gasteiger charge is -2.33. The van der Waals surface area contributed by atoms with Crippen LogP contribution in [0.3, 0.4) is 0 Å². The van der Waals surface area contributed by atoms with E-state index in [1.165, 1.54) is 15.7 Å². The summed E-state index contributed by atoms with van der Waals surface area (Å²) in [6.07, 6.45) is 2.05. The summed E-state index contributed by atoms with van der Waals surface area (Å²) in [6, 6.07) is 16.2. The maximum absolute atomic E-state index is 12.8. The number of aromatic nitrogens is 1. The normalized spacial score (nSPS) is 19.9. The Labute approximate surface area is 163 Å². The molecular formula is C22H23N3O3. The molecule has 1 unspecified atom stereocenters. The van der Waals surface area contributed by atoms with Gasteiger partial charge in [-0.1, -0.05) is 36.4 Å². The summed E-state index contributed by atoms with van der Waals surface area (Å²) in [4.78, 5) is 29.4. The van der Waals surface area contributed by atoms with Crippen molar-refractivity contribution in [3.05, 3.63) is 70.2 Å². The molecule has 1 amide bonds. The van der Waals surface area contributed by atoms with E-state index >= 15 is 0 Å².